The summed E-state index contributed by atoms with van der Waals surface area (Å²) in [6, 6.07) is 14.3. The number of benzene rings is 2. The number of carbonyl (C=O) groups is 2. The number of esters is 1. The van der Waals surface area contributed by atoms with Crippen molar-refractivity contribution in [3.05, 3.63) is 59.3 Å². The van der Waals surface area contributed by atoms with E-state index < -0.39 is 5.97 Å². The second-order valence-corrected chi connectivity index (χ2v) is 6.80. The predicted octanol–water partition coefficient (Wildman–Crippen LogP) is 4.99. The molecule has 134 valence electrons. The van der Waals surface area contributed by atoms with Gasteiger partial charge in [-0.05, 0) is 43.3 Å². The average Bonchev–Trinajstić information content (AvgIpc) is 3.00. The summed E-state index contributed by atoms with van der Waals surface area (Å²) in [7, 11) is 0. The second kappa shape index (κ2) is 8.29. The van der Waals surface area contributed by atoms with Gasteiger partial charge in [0, 0.05) is 15.3 Å². The van der Waals surface area contributed by atoms with Gasteiger partial charge in [0.2, 0.25) is 11.7 Å². The van der Waals surface area contributed by atoms with Gasteiger partial charge in [0.1, 0.15) is 11.3 Å². The maximum Gasteiger partial charge on any atom is 0.376 e. The third kappa shape index (κ3) is 4.20. The van der Waals surface area contributed by atoms with Crippen molar-refractivity contribution in [3.8, 4) is 0 Å². The highest BCUT2D eigenvalue weighted by atomic mass is 35.5. The Morgan fingerprint density at radius 3 is 2.62 bits per heavy atom. The van der Waals surface area contributed by atoms with Crippen LogP contribution in [0.15, 0.2) is 57.8 Å². The van der Waals surface area contributed by atoms with E-state index in [0.717, 1.165) is 4.90 Å². The van der Waals surface area contributed by atoms with Crippen molar-refractivity contribution in [1.82, 2.24) is 0 Å². The van der Waals surface area contributed by atoms with E-state index >= 15 is 0 Å². The normalized spacial score (nSPS) is 10.7. The highest BCUT2D eigenvalue weighted by molar-refractivity contribution is 8.00. The zero-order valence-corrected chi connectivity index (χ0v) is 15.5. The Morgan fingerprint density at radius 1 is 1.15 bits per heavy atom. The molecule has 0 radical (unpaired) electrons. The number of halogens is 1. The first-order chi connectivity index (χ1) is 12.6. The molecule has 1 aromatic heterocycles. The molecule has 5 nitrogen and oxygen atoms in total. The van der Waals surface area contributed by atoms with Gasteiger partial charge < -0.3 is 14.5 Å². The van der Waals surface area contributed by atoms with Crippen LogP contribution in [0.4, 0.5) is 5.69 Å². The average molecular weight is 390 g/mol. The van der Waals surface area contributed by atoms with Crippen molar-refractivity contribution in [2.45, 2.75) is 11.8 Å². The molecule has 0 aliphatic rings. The summed E-state index contributed by atoms with van der Waals surface area (Å²) < 4.78 is 10.6. The summed E-state index contributed by atoms with van der Waals surface area (Å²) in [4.78, 5) is 25.4. The SMILES string of the molecule is CCOC(=O)c1oc2ccccc2c1NC(=O)CSc1ccc(Cl)cc1. The number of amides is 1. The molecule has 1 N–H and O–H groups in total. The molecule has 0 spiro atoms. The molecule has 2 aromatic carbocycles. The van der Waals surface area contributed by atoms with Crippen LogP contribution < -0.4 is 5.32 Å². The quantitative estimate of drug-likeness (QED) is 0.475. The Morgan fingerprint density at radius 2 is 1.88 bits per heavy atom. The molecule has 1 amide bonds. The first kappa shape index (κ1) is 18.4. The highest BCUT2D eigenvalue weighted by Crippen LogP contribution is 2.32. The van der Waals surface area contributed by atoms with Gasteiger partial charge in [-0.15, -0.1) is 11.8 Å². The number of furan rings is 1. The fourth-order valence-corrected chi connectivity index (χ4v) is 3.19. The molecule has 0 fully saturated rings. The Hall–Kier alpha value is -2.44. The van der Waals surface area contributed by atoms with Crippen molar-refractivity contribution in [1.29, 1.82) is 0 Å². The first-order valence-corrected chi connectivity index (χ1v) is 9.31. The van der Waals surface area contributed by atoms with E-state index in [4.69, 9.17) is 20.8 Å². The molecule has 0 saturated heterocycles. The Labute approximate surface area is 159 Å². The summed E-state index contributed by atoms with van der Waals surface area (Å²) in [6.45, 7) is 1.93. The number of hydrogen-bond acceptors (Lipinski definition) is 5. The highest BCUT2D eigenvalue weighted by Gasteiger charge is 2.23. The van der Waals surface area contributed by atoms with Crippen LogP contribution in [0.1, 0.15) is 17.5 Å². The number of hydrogen-bond donors (Lipinski definition) is 1. The van der Waals surface area contributed by atoms with Crippen molar-refractivity contribution in [3.63, 3.8) is 0 Å². The number of nitrogens with one attached hydrogen (secondary N) is 1. The minimum absolute atomic E-state index is 0.00195. The van der Waals surface area contributed by atoms with Gasteiger partial charge in [-0.2, -0.15) is 0 Å². The van der Waals surface area contributed by atoms with E-state index in [1.807, 2.05) is 18.2 Å². The molecule has 0 atom stereocenters. The lowest BCUT2D eigenvalue weighted by Crippen LogP contribution is -2.16. The maximum atomic E-state index is 12.4. The number of rotatable bonds is 6. The minimum atomic E-state index is -0.607. The second-order valence-electron chi connectivity index (χ2n) is 5.31. The van der Waals surface area contributed by atoms with Crippen molar-refractivity contribution in [2.24, 2.45) is 0 Å². The zero-order chi connectivity index (χ0) is 18.5. The van der Waals surface area contributed by atoms with Gasteiger partial charge in [0.15, 0.2) is 0 Å². The molecule has 0 unspecified atom stereocenters. The van der Waals surface area contributed by atoms with Crippen LogP contribution >= 0.6 is 23.4 Å². The van der Waals surface area contributed by atoms with Crippen molar-refractivity contribution < 1.29 is 18.7 Å². The minimum Gasteiger partial charge on any atom is -0.460 e. The molecule has 7 heteroatoms. The van der Waals surface area contributed by atoms with Gasteiger partial charge in [-0.1, -0.05) is 23.7 Å². The number of ether oxygens (including phenoxy) is 1. The first-order valence-electron chi connectivity index (χ1n) is 7.95. The van der Waals surface area contributed by atoms with E-state index in [1.165, 1.54) is 11.8 Å². The van der Waals surface area contributed by atoms with Crippen molar-refractivity contribution >= 4 is 51.9 Å². The lowest BCUT2D eigenvalue weighted by Gasteiger charge is -2.06. The molecule has 3 aromatic rings. The number of para-hydroxylation sites is 1. The van der Waals surface area contributed by atoms with Gasteiger partial charge in [-0.3, -0.25) is 4.79 Å². The monoisotopic (exact) mass is 389 g/mol. The number of fused-ring (bicyclic) bond motifs is 1. The van der Waals surface area contributed by atoms with Crippen LogP contribution in [0.2, 0.25) is 5.02 Å². The summed E-state index contributed by atoms with van der Waals surface area (Å²) in [5.74, 6) is -0.673. The Balaban J connectivity index is 1.78. The third-order valence-corrected chi connectivity index (χ3v) is 4.77. The van der Waals surface area contributed by atoms with Crippen LogP contribution in [0.3, 0.4) is 0 Å². The summed E-state index contributed by atoms with van der Waals surface area (Å²) in [5.41, 5.74) is 0.844. The maximum absolute atomic E-state index is 12.4. The van der Waals surface area contributed by atoms with E-state index in [0.29, 0.717) is 21.7 Å². The predicted molar refractivity (Wildman–Crippen MR) is 103 cm³/mol. The molecule has 0 bridgehead atoms. The summed E-state index contributed by atoms with van der Waals surface area (Å²) >= 11 is 7.23. The zero-order valence-electron chi connectivity index (χ0n) is 14.0. The molecule has 1 heterocycles. The van der Waals surface area contributed by atoms with Crippen LogP contribution in [0, 0.1) is 0 Å². The topological polar surface area (TPSA) is 68.5 Å². The molecular weight excluding hydrogens is 374 g/mol. The largest absolute Gasteiger partial charge is 0.460 e. The lowest BCUT2D eigenvalue weighted by molar-refractivity contribution is -0.113. The Kier molecular flexibility index (Phi) is 5.85. The molecule has 0 aliphatic heterocycles. The number of carbonyl (C=O) groups excluding carboxylic acids is 2. The smallest absolute Gasteiger partial charge is 0.376 e. The number of thioether (sulfide) groups is 1. The molecular formula is C19H16ClNO4S. The Bertz CT molecular complexity index is 936. The van der Waals surface area contributed by atoms with E-state index in [9.17, 15) is 9.59 Å². The fraction of sp³-hybridized carbons (Fsp3) is 0.158. The van der Waals surface area contributed by atoms with E-state index in [1.54, 1.807) is 37.3 Å². The van der Waals surface area contributed by atoms with Gasteiger partial charge >= 0.3 is 5.97 Å². The van der Waals surface area contributed by atoms with E-state index in [2.05, 4.69) is 5.32 Å². The van der Waals surface area contributed by atoms with E-state index in [-0.39, 0.29) is 24.0 Å². The standard InChI is InChI=1S/C19H16ClNO4S/c1-2-24-19(23)18-17(14-5-3-4-6-15(14)25-18)21-16(22)11-26-13-9-7-12(20)8-10-13/h3-10H,2,11H2,1H3,(H,21,22). The summed E-state index contributed by atoms with van der Waals surface area (Å²) in [5, 5.41) is 4.07. The fourth-order valence-electron chi connectivity index (χ4n) is 2.37. The lowest BCUT2D eigenvalue weighted by atomic mass is 10.2. The van der Waals surface area contributed by atoms with Crippen LogP contribution in [0.5, 0.6) is 0 Å². The number of anilines is 1. The molecule has 3 rings (SSSR count). The van der Waals surface area contributed by atoms with Crippen molar-refractivity contribution in [2.75, 3.05) is 17.7 Å². The van der Waals surface area contributed by atoms with Crippen LogP contribution in [-0.4, -0.2) is 24.2 Å². The van der Waals surface area contributed by atoms with Crippen LogP contribution in [-0.2, 0) is 9.53 Å². The molecule has 0 aliphatic carbocycles. The van der Waals surface area contributed by atoms with Crippen LogP contribution in [0.25, 0.3) is 11.0 Å². The third-order valence-electron chi connectivity index (χ3n) is 3.50. The van der Waals surface area contributed by atoms with Gasteiger partial charge in [0.25, 0.3) is 0 Å². The molecule has 0 saturated carbocycles. The summed E-state index contributed by atoms with van der Waals surface area (Å²) in [6.07, 6.45) is 0. The molecule has 26 heavy (non-hydrogen) atoms. The van der Waals surface area contributed by atoms with Gasteiger partial charge in [0.05, 0.1) is 12.4 Å². The van der Waals surface area contributed by atoms with Gasteiger partial charge in [-0.25, -0.2) is 4.79 Å².